The average Bonchev–Trinajstić information content (AvgIpc) is 3.00. The van der Waals surface area contributed by atoms with Crippen molar-refractivity contribution in [2.45, 2.75) is 39.9 Å². The van der Waals surface area contributed by atoms with Gasteiger partial charge in [0.2, 0.25) is 12.2 Å². The van der Waals surface area contributed by atoms with Crippen molar-refractivity contribution >= 4 is 41.4 Å². The number of hydrogen-bond donors (Lipinski definition) is 2. The molecule has 0 fully saturated rings. The van der Waals surface area contributed by atoms with E-state index in [-0.39, 0.29) is 39.8 Å². The van der Waals surface area contributed by atoms with Gasteiger partial charge in [0.25, 0.3) is 5.91 Å². The van der Waals surface area contributed by atoms with Gasteiger partial charge in [-0.15, -0.1) is 0 Å². The van der Waals surface area contributed by atoms with Gasteiger partial charge in [-0.2, -0.15) is 0 Å². The number of aliphatic carboxylic acids is 1. The van der Waals surface area contributed by atoms with E-state index >= 15 is 0 Å². The maximum absolute atomic E-state index is 13.5. The van der Waals surface area contributed by atoms with Gasteiger partial charge in [0.1, 0.15) is 0 Å². The molecule has 0 aliphatic carbocycles. The molecule has 1 amide bonds. The molecule has 3 aromatic rings. The summed E-state index contributed by atoms with van der Waals surface area (Å²) in [5.74, 6) is -6.77. The molecule has 0 bridgehead atoms. The molecule has 0 spiro atoms. The van der Waals surface area contributed by atoms with Crippen molar-refractivity contribution < 1.29 is 62.3 Å². The van der Waals surface area contributed by atoms with Crippen LogP contribution in [0, 0.1) is 13.8 Å². The molecule has 46 heavy (non-hydrogen) atoms. The Balaban J connectivity index is 1.98. The van der Waals surface area contributed by atoms with Gasteiger partial charge >= 0.3 is 29.8 Å². The number of esters is 4. The van der Waals surface area contributed by atoms with Crippen molar-refractivity contribution in [1.82, 2.24) is 0 Å². The van der Waals surface area contributed by atoms with Crippen LogP contribution in [-0.2, 0) is 28.7 Å². The topological polar surface area (TPSA) is 190 Å². The highest BCUT2D eigenvalue weighted by Gasteiger charge is 2.41. The van der Waals surface area contributed by atoms with Gasteiger partial charge < -0.3 is 38.8 Å². The Hall–Kier alpha value is -5.92. The molecule has 0 saturated heterocycles. The van der Waals surface area contributed by atoms with E-state index in [1.165, 1.54) is 38.5 Å². The number of benzene rings is 3. The van der Waals surface area contributed by atoms with E-state index in [0.717, 1.165) is 37.1 Å². The number of aryl methyl sites for hydroxylation is 2. The lowest BCUT2D eigenvalue weighted by molar-refractivity contribution is -0.157. The smallest absolute Gasteiger partial charge is 0.349 e. The molecule has 0 aromatic heterocycles. The number of rotatable bonds is 12. The van der Waals surface area contributed by atoms with Crippen LogP contribution < -0.4 is 24.3 Å². The number of nitrogens with one attached hydrogen (secondary N) is 1. The first-order valence-corrected chi connectivity index (χ1v) is 13.5. The zero-order valence-electron chi connectivity index (χ0n) is 25.7. The molecule has 2 N–H and O–H groups in total. The fourth-order valence-electron chi connectivity index (χ4n) is 3.96. The lowest BCUT2D eigenvalue weighted by Crippen LogP contribution is -2.48. The number of ether oxygens (including phenoxy) is 6. The van der Waals surface area contributed by atoms with Crippen LogP contribution in [0.5, 0.6) is 23.0 Å². The number of carbonyl (C=O) groups excluding carboxylic acids is 5. The highest BCUT2D eigenvalue weighted by Crippen LogP contribution is 2.30. The Labute approximate surface area is 263 Å². The summed E-state index contributed by atoms with van der Waals surface area (Å²) in [6, 6.07) is 12.0. The first-order valence-electron chi connectivity index (χ1n) is 13.5. The third-order valence-corrected chi connectivity index (χ3v) is 6.33. The van der Waals surface area contributed by atoms with Crippen LogP contribution in [0.4, 0.5) is 5.69 Å². The summed E-state index contributed by atoms with van der Waals surface area (Å²) in [5.41, 5.74) is 1.53. The van der Waals surface area contributed by atoms with Crippen molar-refractivity contribution in [2.24, 2.45) is 0 Å². The lowest BCUT2D eigenvalue weighted by Gasteiger charge is -2.24. The molecule has 14 nitrogen and oxygen atoms in total. The summed E-state index contributed by atoms with van der Waals surface area (Å²) < 4.78 is 30.9. The second-order valence-corrected chi connectivity index (χ2v) is 9.70. The maximum atomic E-state index is 13.5. The van der Waals surface area contributed by atoms with Crippen molar-refractivity contribution in [3.05, 3.63) is 76.9 Å². The van der Waals surface area contributed by atoms with E-state index in [1.54, 1.807) is 25.1 Å². The Morgan fingerprint density at radius 2 is 1.11 bits per heavy atom. The monoisotopic (exact) mass is 637 g/mol. The van der Waals surface area contributed by atoms with E-state index in [1.807, 2.05) is 6.92 Å². The normalized spacial score (nSPS) is 11.7. The number of anilines is 1. The second kappa shape index (κ2) is 15.2. The Bertz CT molecular complexity index is 1680. The van der Waals surface area contributed by atoms with Crippen LogP contribution in [0.2, 0.25) is 0 Å². The molecule has 3 rings (SSSR count). The fourth-order valence-corrected chi connectivity index (χ4v) is 3.96. The van der Waals surface area contributed by atoms with Gasteiger partial charge in [-0.1, -0.05) is 6.07 Å². The highest BCUT2D eigenvalue weighted by molar-refractivity contribution is 6.01. The molecule has 0 heterocycles. The van der Waals surface area contributed by atoms with Gasteiger partial charge in [0.15, 0.2) is 23.0 Å². The summed E-state index contributed by atoms with van der Waals surface area (Å²) in [6.45, 7) is 5.96. The summed E-state index contributed by atoms with van der Waals surface area (Å²) in [7, 11) is 2.50. The van der Waals surface area contributed by atoms with Gasteiger partial charge in [-0.3, -0.25) is 14.4 Å². The van der Waals surface area contributed by atoms with Crippen LogP contribution in [0.3, 0.4) is 0 Å². The number of amides is 1. The van der Waals surface area contributed by atoms with E-state index in [9.17, 15) is 33.9 Å². The minimum atomic E-state index is -2.34. The SMILES string of the molecule is COc1cc(C(=O)O[C@H](C(=O)O)[C@@H](OC(=O)c2ccc(OC(C)=O)c(OC)c2)C(=O)Nc2ccc(C)c(C)c2)ccc1OC(C)=O. The molecule has 0 unspecified atom stereocenters. The van der Waals surface area contributed by atoms with E-state index in [2.05, 4.69) is 5.32 Å². The predicted molar refractivity (Wildman–Crippen MR) is 159 cm³/mol. The summed E-state index contributed by atoms with van der Waals surface area (Å²) in [5, 5.41) is 12.6. The molecule has 2 atom stereocenters. The van der Waals surface area contributed by atoms with E-state index < -0.39 is 48.0 Å². The number of methoxy groups -OCH3 is 2. The van der Waals surface area contributed by atoms with Gasteiger partial charge in [-0.25, -0.2) is 14.4 Å². The van der Waals surface area contributed by atoms with Gasteiger partial charge in [-0.05, 0) is 73.5 Å². The highest BCUT2D eigenvalue weighted by atomic mass is 16.6. The second-order valence-electron chi connectivity index (χ2n) is 9.70. The first kappa shape index (κ1) is 34.6. The molecule has 3 aromatic carbocycles. The van der Waals surface area contributed by atoms with Crippen molar-refractivity contribution in [1.29, 1.82) is 0 Å². The van der Waals surface area contributed by atoms with E-state index in [0.29, 0.717) is 0 Å². The average molecular weight is 638 g/mol. The number of hydrogen-bond acceptors (Lipinski definition) is 12. The quantitative estimate of drug-likeness (QED) is 0.216. The third kappa shape index (κ3) is 8.81. The largest absolute Gasteiger partial charge is 0.493 e. The molecule has 14 heteroatoms. The number of carboxylic acids is 1. The van der Waals surface area contributed by atoms with Gasteiger partial charge in [0, 0.05) is 19.5 Å². The summed E-state index contributed by atoms with van der Waals surface area (Å²) in [4.78, 5) is 75.0. The third-order valence-electron chi connectivity index (χ3n) is 6.33. The predicted octanol–water partition coefficient (Wildman–Crippen LogP) is 3.65. The van der Waals surface area contributed by atoms with Crippen LogP contribution in [-0.4, -0.2) is 67.3 Å². The zero-order valence-corrected chi connectivity index (χ0v) is 25.7. The zero-order chi connectivity index (χ0) is 34.1. The van der Waals surface area contributed by atoms with Crippen LogP contribution >= 0.6 is 0 Å². The minimum absolute atomic E-state index is 0.0110. The van der Waals surface area contributed by atoms with Crippen LogP contribution in [0.1, 0.15) is 45.7 Å². The van der Waals surface area contributed by atoms with E-state index in [4.69, 9.17) is 28.4 Å². The maximum Gasteiger partial charge on any atom is 0.349 e. The standard InChI is InChI=1S/C32H31NO13/c1-16-7-10-22(13-17(16)2)33-29(36)27(45-31(39)20-8-11-23(43-18(3)34)25(14-20)41-5)28(30(37)38)46-32(40)21-9-12-24(44-19(4)35)26(15-21)42-6/h7-15,27-28H,1-6H3,(H,33,36)(H,37,38)/t27-,28+/m1/s1. The Morgan fingerprint density at radius 1 is 0.630 bits per heavy atom. The van der Waals surface area contributed by atoms with Crippen molar-refractivity contribution in [3.63, 3.8) is 0 Å². The van der Waals surface area contributed by atoms with Crippen molar-refractivity contribution in [2.75, 3.05) is 19.5 Å². The summed E-state index contributed by atoms with van der Waals surface area (Å²) in [6.07, 6.45) is -4.55. The molecule has 0 saturated carbocycles. The molecule has 242 valence electrons. The first-order chi connectivity index (χ1) is 21.7. The molecule has 0 radical (unpaired) electrons. The molecular formula is C32H31NO13. The molecule has 0 aliphatic rings. The number of carboxylic acid groups (broad SMARTS) is 1. The minimum Gasteiger partial charge on any atom is -0.493 e. The molecule has 0 aliphatic heterocycles. The summed E-state index contributed by atoms with van der Waals surface area (Å²) >= 11 is 0. The Morgan fingerprint density at radius 3 is 1.52 bits per heavy atom. The van der Waals surface area contributed by atoms with Crippen LogP contribution in [0.15, 0.2) is 54.6 Å². The Kier molecular flexibility index (Phi) is 11.4. The van der Waals surface area contributed by atoms with Crippen LogP contribution in [0.25, 0.3) is 0 Å². The lowest BCUT2D eigenvalue weighted by atomic mass is 10.1. The number of carbonyl (C=O) groups is 6. The van der Waals surface area contributed by atoms with Crippen molar-refractivity contribution in [3.8, 4) is 23.0 Å². The fraction of sp³-hybridized carbons (Fsp3) is 0.250. The molecular weight excluding hydrogens is 606 g/mol. The van der Waals surface area contributed by atoms with Gasteiger partial charge in [0.05, 0.1) is 25.3 Å².